The van der Waals surface area contributed by atoms with Crippen molar-refractivity contribution in [2.24, 2.45) is 0 Å². The summed E-state index contributed by atoms with van der Waals surface area (Å²) >= 11 is 5.85. The van der Waals surface area contributed by atoms with Gasteiger partial charge < -0.3 is 10.3 Å². The number of nitrogens with two attached hydrogens (primary N) is 1. The number of rotatable bonds is 2. The number of hydrogen-bond acceptors (Lipinski definition) is 5. The molecule has 0 aliphatic carbocycles. The fourth-order valence-corrected chi connectivity index (χ4v) is 1.95. The zero-order valence-corrected chi connectivity index (χ0v) is 10.0. The van der Waals surface area contributed by atoms with E-state index in [1.807, 2.05) is 10.6 Å². The van der Waals surface area contributed by atoms with Gasteiger partial charge in [-0.3, -0.25) is 0 Å². The molecule has 0 atom stereocenters. The average Bonchev–Trinajstić information content (AvgIpc) is 2.74. The maximum atomic E-state index is 5.85. The lowest BCUT2D eigenvalue weighted by Gasteiger charge is -2.03. The highest BCUT2D eigenvalue weighted by Crippen LogP contribution is 2.16. The molecule has 18 heavy (non-hydrogen) atoms. The van der Waals surface area contributed by atoms with Crippen LogP contribution in [0.4, 0.5) is 5.82 Å². The first-order valence-electron chi connectivity index (χ1n) is 5.26. The van der Waals surface area contributed by atoms with Crippen molar-refractivity contribution in [3.63, 3.8) is 0 Å². The Morgan fingerprint density at radius 1 is 1.22 bits per heavy atom. The highest BCUT2D eigenvalue weighted by Gasteiger charge is 2.08. The predicted octanol–water partition coefficient (Wildman–Crippen LogP) is 1.51. The smallest absolute Gasteiger partial charge is 0.165 e. The highest BCUT2D eigenvalue weighted by molar-refractivity contribution is 6.29. The van der Waals surface area contributed by atoms with Crippen LogP contribution in [0.25, 0.3) is 11.2 Å². The van der Waals surface area contributed by atoms with Crippen LogP contribution in [0.1, 0.15) is 5.56 Å². The van der Waals surface area contributed by atoms with Crippen LogP contribution in [0, 0.1) is 0 Å². The van der Waals surface area contributed by atoms with Crippen LogP contribution in [0.5, 0.6) is 0 Å². The standard InChI is InChI=1S/C11H9ClN6/c12-8-3-7(1-2-14-8)4-18-6-17-9-10(13)15-5-16-11(9)18/h1-3,5-6H,4H2,(H2,13,15,16). The van der Waals surface area contributed by atoms with Crippen molar-refractivity contribution in [2.45, 2.75) is 6.54 Å². The quantitative estimate of drug-likeness (QED) is 0.706. The molecule has 3 rings (SSSR count). The molecule has 0 fully saturated rings. The molecule has 0 radical (unpaired) electrons. The minimum absolute atomic E-state index is 0.381. The summed E-state index contributed by atoms with van der Waals surface area (Å²) in [4.78, 5) is 16.2. The molecule has 0 aromatic carbocycles. The van der Waals surface area contributed by atoms with Gasteiger partial charge in [-0.15, -0.1) is 0 Å². The van der Waals surface area contributed by atoms with E-state index in [-0.39, 0.29) is 0 Å². The van der Waals surface area contributed by atoms with E-state index in [4.69, 9.17) is 17.3 Å². The molecular weight excluding hydrogens is 252 g/mol. The number of fused-ring (bicyclic) bond motifs is 1. The van der Waals surface area contributed by atoms with Gasteiger partial charge in [-0.1, -0.05) is 11.6 Å². The van der Waals surface area contributed by atoms with E-state index >= 15 is 0 Å². The minimum Gasteiger partial charge on any atom is -0.382 e. The van der Waals surface area contributed by atoms with Crippen LogP contribution >= 0.6 is 11.6 Å². The van der Waals surface area contributed by atoms with Gasteiger partial charge in [0.15, 0.2) is 11.5 Å². The van der Waals surface area contributed by atoms with Gasteiger partial charge in [0.25, 0.3) is 0 Å². The van der Waals surface area contributed by atoms with Gasteiger partial charge in [-0.05, 0) is 17.7 Å². The average molecular weight is 261 g/mol. The van der Waals surface area contributed by atoms with Crippen LogP contribution in [0.15, 0.2) is 31.0 Å². The Bertz CT molecular complexity index is 708. The number of pyridine rings is 1. The van der Waals surface area contributed by atoms with Gasteiger partial charge in [-0.2, -0.15) is 0 Å². The SMILES string of the molecule is Nc1ncnc2c1ncn2Cc1ccnc(Cl)c1. The second kappa shape index (κ2) is 4.23. The van der Waals surface area contributed by atoms with Gasteiger partial charge >= 0.3 is 0 Å². The fraction of sp³-hybridized carbons (Fsp3) is 0.0909. The molecule has 2 N–H and O–H groups in total. The third kappa shape index (κ3) is 1.86. The molecule has 0 aliphatic rings. The fourth-order valence-electron chi connectivity index (χ4n) is 1.75. The zero-order chi connectivity index (χ0) is 12.5. The number of imidazole rings is 1. The molecule has 3 heterocycles. The number of halogens is 1. The van der Waals surface area contributed by atoms with Crippen molar-refractivity contribution >= 4 is 28.6 Å². The van der Waals surface area contributed by atoms with Crippen molar-refractivity contribution in [1.82, 2.24) is 24.5 Å². The predicted molar refractivity (Wildman–Crippen MR) is 68.1 cm³/mol. The van der Waals surface area contributed by atoms with Crippen molar-refractivity contribution in [1.29, 1.82) is 0 Å². The molecule has 0 unspecified atom stereocenters. The van der Waals surface area contributed by atoms with Gasteiger partial charge in [0.05, 0.1) is 12.9 Å². The molecule has 90 valence electrons. The lowest BCUT2D eigenvalue weighted by atomic mass is 10.3. The number of hydrogen-bond donors (Lipinski definition) is 1. The zero-order valence-electron chi connectivity index (χ0n) is 9.29. The Balaban J connectivity index is 2.03. The van der Waals surface area contributed by atoms with E-state index in [2.05, 4.69) is 19.9 Å². The first-order valence-corrected chi connectivity index (χ1v) is 5.63. The van der Waals surface area contributed by atoms with Crippen LogP contribution in [-0.2, 0) is 6.54 Å². The maximum absolute atomic E-state index is 5.85. The summed E-state index contributed by atoms with van der Waals surface area (Å²) in [5.74, 6) is 0.381. The van der Waals surface area contributed by atoms with Gasteiger partial charge in [0.2, 0.25) is 0 Å². The van der Waals surface area contributed by atoms with Crippen LogP contribution < -0.4 is 5.73 Å². The number of aromatic nitrogens is 5. The van der Waals surface area contributed by atoms with E-state index < -0.39 is 0 Å². The third-order valence-corrected chi connectivity index (χ3v) is 2.78. The molecule has 6 nitrogen and oxygen atoms in total. The van der Waals surface area contributed by atoms with Crippen LogP contribution in [-0.4, -0.2) is 24.5 Å². The largest absolute Gasteiger partial charge is 0.382 e. The molecule has 7 heteroatoms. The molecule has 0 spiro atoms. The Hall–Kier alpha value is -2.21. The molecule has 0 bridgehead atoms. The minimum atomic E-state index is 0.381. The molecule has 0 saturated heterocycles. The second-order valence-corrected chi connectivity index (χ2v) is 4.18. The monoisotopic (exact) mass is 260 g/mol. The number of anilines is 1. The summed E-state index contributed by atoms with van der Waals surface area (Å²) in [6.07, 6.45) is 4.78. The summed E-state index contributed by atoms with van der Waals surface area (Å²) in [5, 5.41) is 0.464. The van der Waals surface area contributed by atoms with Crippen LogP contribution in [0.3, 0.4) is 0 Å². The normalized spacial score (nSPS) is 10.9. The first kappa shape index (κ1) is 10.9. The van der Waals surface area contributed by atoms with E-state index in [9.17, 15) is 0 Å². The first-order chi connectivity index (χ1) is 8.74. The summed E-state index contributed by atoms with van der Waals surface area (Å²) in [7, 11) is 0. The highest BCUT2D eigenvalue weighted by atomic mass is 35.5. The molecule has 3 aromatic rings. The third-order valence-electron chi connectivity index (χ3n) is 2.57. The van der Waals surface area contributed by atoms with Crippen molar-refractivity contribution < 1.29 is 0 Å². The van der Waals surface area contributed by atoms with Gasteiger partial charge in [-0.25, -0.2) is 19.9 Å². The van der Waals surface area contributed by atoms with E-state index in [1.54, 1.807) is 18.6 Å². The summed E-state index contributed by atoms with van der Waals surface area (Å²) < 4.78 is 1.89. The Morgan fingerprint density at radius 3 is 2.94 bits per heavy atom. The number of nitrogen functional groups attached to an aromatic ring is 1. The Kier molecular flexibility index (Phi) is 2.56. The second-order valence-electron chi connectivity index (χ2n) is 3.79. The van der Waals surface area contributed by atoms with Crippen LogP contribution in [0.2, 0.25) is 5.15 Å². The Morgan fingerprint density at radius 2 is 2.11 bits per heavy atom. The topological polar surface area (TPSA) is 82.5 Å². The molecular formula is C11H9ClN6. The summed E-state index contributed by atoms with van der Waals surface area (Å²) in [6, 6.07) is 3.69. The molecule has 0 amide bonds. The summed E-state index contributed by atoms with van der Waals surface area (Å²) in [6.45, 7) is 0.606. The van der Waals surface area contributed by atoms with E-state index in [0.717, 1.165) is 5.56 Å². The van der Waals surface area contributed by atoms with E-state index in [0.29, 0.717) is 28.7 Å². The number of nitrogens with zero attached hydrogens (tertiary/aromatic N) is 5. The van der Waals surface area contributed by atoms with E-state index in [1.165, 1.54) is 6.33 Å². The molecule has 0 aliphatic heterocycles. The summed E-state index contributed by atoms with van der Waals surface area (Å²) in [5.41, 5.74) is 8.06. The lowest BCUT2D eigenvalue weighted by Crippen LogP contribution is -2.00. The van der Waals surface area contributed by atoms with Crippen molar-refractivity contribution in [3.8, 4) is 0 Å². The Labute approximate surface area is 107 Å². The van der Waals surface area contributed by atoms with Crippen molar-refractivity contribution in [2.75, 3.05) is 5.73 Å². The maximum Gasteiger partial charge on any atom is 0.165 e. The molecule has 3 aromatic heterocycles. The lowest BCUT2D eigenvalue weighted by molar-refractivity contribution is 0.811. The van der Waals surface area contributed by atoms with Gasteiger partial charge in [0.1, 0.15) is 17.0 Å². The molecule has 0 saturated carbocycles. The van der Waals surface area contributed by atoms with Gasteiger partial charge in [0, 0.05) is 6.20 Å². The van der Waals surface area contributed by atoms with Crippen molar-refractivity contribution in [3.05, 3.63) is 41.7 Å².